The van der Waals surface area contributed by atoms with E-state index >= 15 is 0 Å². The third-order valence-electron chi connectivity index (χ3n) is 5.51. The molecule has 0 bridgehead atoms. The molecule has 0 unspecified atom stereocenters. The van der Waals surface area contributed by atoms with Crippen molar-refractivity contribution in [3.05, 3.63) is 88.5 Å². The van der Waals surface area contributed by atoms with Gasteiger partial charge in [-0.15, -0.1) is 0 Å². The molecule has 156 valence electrons. The van der Waals surface area contributed by atoms with Gasteiger partial charge in [0.05, 0.1) is 13.7 Å². The maximum Gasteiger partial charge on any atom is 0.240 e. The van der Waals surface area contributed by atoms with Gasteiger partial charge in [-0.3, -0.25) is 0 Å². The van der Waals surface area contributed by atoms with Crippen LogP contribution < -0.4 is 9.47 Å². The van der Waals surface area contributed by atoms with E-state index in [0.29, 0.717) is 18.1 Å². The molecule has 2 aromatic carbocycles. The molecule has 0 radical (unpaired) electrons. The second-order valence-corrected chi connectivity index (χ2v) is 7.34. The Morgan fingerprint density at radius 3 is 2.55 bits per heavy atom. The summed E-state index contributed by atoms with van der Waals surface area (Å²) in [5.41, 5.74) is 5.08. The van der Waals surface area contributed by atoms with Crippen molar-refractivity contribution >= 4 is 10.9 Å². The first-order valence-corrected chi connectivity index (χ1v) is 9.91. The maximum atomic E-state index is 13.2. The number of hydrogen-bond acceptors (Lipinski definition) is 4. The Labute approximate surface area is 180 Å². The molecular weight excluding hydrogens is 393 g/mol. The van der Waals surface area contributed by atoms with Crippen LogP contribution in [0.3, 0.4) is 0 Å². The molecule has 31 heavy (non-hydrogen) atoms. The molecule has 0 spiro atoms. The van der Waals surface area contributed by atoms with E-state index in [1.54, 1.807) is 25.3 Å². The van der Waals surface area contributed by atoms with Crippen LogP contribution in [0.25, 0.3) is 10.9 Å². The van der Waals surface area contributed by atoms with Crippen LogP contribution in [-0.2, 0) is 13.2 Å². The minimum Gasteiger partial charge on any atom is -0.496 e. The molecule has 0 saturated carbocycles. The van der Waals surface area contributed by atoms with Gasteiger partial charge in [0.15, 0.2) is 0 Å². The zero-order valence-electron chi connectivity index (χ0n) is 17.6. The van der Waals surface area contributed by atoms with E-state index < -0.39 is 0 Å². The number of methoxy groups -OCH3 is 1. The van der Waals surface area contributed by atoms with Gasteiger partial charge in [-0.05, 0) is 49.2 Å². The number of fused-ring (bicyclic) bond motifs is 1. The second-order valence-electron chi connectivity index (χ2n) is 7.34. The van der Waals surface area contributed by atoms with Gasteiger partial charge in [0.1, 0.15) is 35.5 Å². The van der Waals surface area contributed by atoms with Crippen molar-refractivity contribution in [1.82, 2.24) is 9.55 Å². The molecular formula is C25H22FN3O2. The second kappa shape index (κ2) is 8.49. The lowest BCUT2D eigenvalue weighted by atomic mass is 10.1. The van der Waals surface area contributed by atoms with Gasteiger partial charge in [0.25, 0.3) is 0 Å². The number of nitriles is 1. The van der Waals surface area contributed by atoms with Crippen LogP contribution in [0.2, 0.25) is 0 Å². The number of nitrogens with zero attached hydrogens (tertiary/aromatic N) is 3. The summed E-state index contributed by atoms with van der Waals surface area (Å²) < 4.78 is 26.9. The van der Waals surface area contributed by atoms with E-state index in [1.807, 2.05) is 38.1 Å². The quantitative estimate of drug-likeness (QED) is 0.429. The maximum absolute atomic E-state index is 13.2. The highest BCUT2D eigenvalue weighted by Gasteiger charge is 2.19. The lowest BCUT2D eigenvalue weighted by molar-refractivity contribution is 0.296. The minimum atomic E-state index is -0.298. The normalized spacial score (nSPS) is 10.8. The van der Waals surface area contributed by atoms with Crippen LogP contribution in [0.1, 0.15) is 28.1 Å². The molecule has 0 atom stereocenters. The first-order valence-electron chi connectivity index (χ1n) is 9.91. The molecule has 0 aliphatic heterocycles. The summed E-state index contributed by atoms with van der Waals surface area (Å²) in [7, 11) is 1.66. The van der Waals surface area contributed by atoms with E-state index in [9.17, 15) is 9.65 Å². The van der Waals surface area contributed by atoms with Crippen molar-refractivity contribution in [2.75, 3.05) is 7.11 Å². The molecule has 2 heterocycles. The van der Waals surface area contributed by atoms with Crippen LogP contribution in [-0.4, -0.2) is 16.7 Å². The number of benzene rings is 2. The smallest absolute Gasteiger partial charge is 0.240 e. The van der Waals surface area contributed by atoms with Gasteiger partial charge in [-0.25, -0.2) is 9.37 Å². The molecule has 4 rings (SSSR count). The molecule has 0 saturated heterocycles. The summed E-state index contributed by atoms with van der Waals surface area (Å²) in [6.07, 6.45) is 0. The fourth-order valence-electron chi connectivity index (χ4n) is 3.72. The highest BCUT2D eigenvalue weighted by molar-refractivity contribution is 5.90. The number of aromatic nitrogens is 2. The summed E-state index contributed by atoms with van der Waals surface area (Å²) in [4.78, 5) is 4.44. The van der Waals surface area contributed by atoms with E-state index in [1.165, 1.54) is 12.1 Å². The molecule has 2 aromatic heterocycles. The van der Waals surface area contributed by atoms with Gasteiger partial charge in [-0.2, -0.15) is 5.26 Å². The first kappa shape index (κ1) is 20.4. The summed E-state index contributed by atoms with van der Waals surface area (Å²) in [5, 5.41) is 10.4. The molecule has 6 heteroatoms. The van der Waals surface area contributed by atoms with Crippen molar-refractivity contribution < 1.29 is 13.9 Å². The van der Waals surface area contributed by atoms with E-state index in [4.69, 9.17) is 9.47 Å². The number of para-hydroxylation sites is 1. The fraction of sp³-hybridized carbons (Fsp3) is 0.200. The minimum absolute atomic E-state index is 0.217. The molecule has 0 fully saturated rings. The van der Waals surface area contributed by atoms with E-state index in [0.717, 1.165) is 39.0 Å². The Bertz CT molecular complexity index is 1290. The molecule has 5 nitrogen and oxygen atoms in total. The Hall–Kier alpha value is -3.85. The monoisotopic (exact) mass is 415 g/mol. The lowest BCUT2D eigenvalue weighted by Gasteiger charge is -2.14. The molecule has 0 N–H and O–H groups in total. The summed E-state index contributed by atoms with van der Waals surface area (Å²) in [6, 6.07) is 17.9. The zero-order chi connectivity index (χ0) is 22.0. The van der Waals surface area contributed by atoms with Gasteiger partial charge in [-0.1, -0.05) is 30.3 Å². The van der Waals surface area contributed by atoms with Crippen molar-refractivity contribution in [3.8, 4) is 17.7 Å². The van der Waals surface area contributed by atoms with Crippen LogP contribution >= 0.6 is 0 Å². The highest BCUT2D eigenvalue weighted by atomic mass is 19.1. The van der Waals surface area contributed by atoms with Crippen molar-refractivity contribution in [2.45, 2.75) is 27.0 Å². The largest absolute Gasteiger partial charge is 0.496 e. The van der Waals surface area contributed by atoms with Crippen molar-refractivity contribution in [3.63, 3.8) is 0 Å². The fourth-order valence-corrected chi connectivity index (χ4v) is 3.72. The number of ether oxygens (including phenoxy) is 2. The third kappa shape index (κ3) is 3.95. The Morgan fingerprint density at radius 2 is 1.84 bits per heavy atom. The summed E-state index contributed by atoms with van der Waals surface area (Å²) in [6.45, 7) is 4.86. The van der Waals surface area contributed by atoms with Crippen LogP contribution in [0.5, 0.6) is 11.6 Å². The standard InChI is InChI=1S/C25H22FN3O2/c1-16-17(2)29(14-19-6-4-5-7-23(19)30-3)24-22(16)12-21(13-27)28-25(24)31-15-18-8-10-20(26)11-9-18/h4-12H,14-15H2,1-3H3. The van der Waals surface area contributed by atoms with Crippen molar-refractivity contribution in [1.29, 1.82) is 5.26 Å². The predicted octanol–water partition coefficient (Wildman–Crippen LogP) is 5.30. The van der Waals surface area contributed by atoms with Gasteiger partial charge < -0.3 is 14.0 Å². The number of aryl methyl sites for hydroxylation is 1. The third-order valence-corrected chi connectivity index (χ3v) is 5.51. The van der Waals surface area contributed by atoms with Crippen LogP contribution in [0.15, 0.2) is 54.6 Å². The van der Waals surface area contributed by atoms with Crippen molar-refractivity contribution in [2.24, 2.45) is 0 Å². The number of hydrogen-bond donors (Lipinski definition) is 0. The first-order chi connectivity index (χ1) is 15.0. The topological polar surface area (TPSA) is 60.1 Å². The van der Waals surface area contributed by atoms with Crippen LogP contribution in [0.4, 0.5) is 4.39 Å². The highest BCUT2D eigenvalue weighted by Crippen LogP contribution is 2.34. The Morgan fingerprint density at radius 1 is 1.10 bits per heavy atom. The number of rotatable bonds is 6. The zero-order valence-corrected chi connectivity index (χ0v) is 17.6. The summed E-state index contributed by atoms with van der Waals surface area (Å²) in [5.74, 6) is 0.883. The average Bonchev–Trinajstić information content (AvgIpc) is 3.03. The number of halogens is 1. The van der Waals surface area contributed by atoms with Crippen LogP contribution in [0, 0.1) is 31.0 Å². The number of pyridine rings is 1. The Balaban J connectivity index is 1.81. The summed E-state index contributed by atoms with van der Waals surface area (Å²) >= 11 is 0. The Kier molecular flexibility index (Phi) is 5.59. The predicted molar refractivity (Wildman–Crippen MR) is 117 cm³/mol. The lowest BCUT2D eigenvalue weighted by Crippen LogP contribution is -2.06. The van der Waals surface area contributed by atoms with Gasteiger partial charge in [0, 0.05) is 16.6 Å². The van der Waals surface area contributed by atoms with Gasteiger partial charge >= 0.3 is 0 Å². The molecule has 0 aliphatic carbocycles. The molecule has 0 amide bonds. The van der Waals surface area contributed by atoms with Gasteiger partial charge in [0.2, 0.25) is 5.88 Å². The van der Waals surface area contributed by atoms with E-state index in [2.05, 4.69) is 15.6 Å². The molecule has 4 aromatic rings. The molecule has 0 aliphatic rings. The SMILES string of the molecule is COc1ccccc1Cn1c(C)c(C)c2cc(C#N)nc(OCc3ccc(F)cc3)c21. The average molecular weight is 415 g/mol. The van der Waals surface area contributed by atoms with E-state index in [-0.39, 0.29) is 12.4 Å².